The lowest BCUT2D eigenvalue weighted by Gasteiger charge is -2.14. The third-order valence-corrected chi connectivity index (χ3v) is 3.37. The van der Waals surface area contributed by atoms with Crippen molar-refractivity contribution in [1.82, 2.24) is 0 Å². The quantitative estimate of drug-likeness (QED) is 0.730. The predicted molar refractivity (Wildman–Crippen MR) is 76.0 cm³/mol. The highest BCUT2D eigenvalue weighted by molar-refractivity contribution is 5.89. The molecular formula is C16H24O3. The van der Waals surface area contributed by atoms with Gasteiger partial charge in [-0.05, 0) is 30.0 Å². The van der Waals surface area contributed by atoms with E-state index >= 15 is 0 Å². The highest BCUT2D eigenvalue weighted by atomic mass is 16.5. The maximum absolute atomic E-state index is 11.9. The van der Waals surface area contributed by atoms with E-state index in [2.05, 4.69) is 13.8 Å². The molecule has 3 heteroatoms. The van der Waals surface area contributed by atoms with E-state index in [1.54, 1.807) is 24.3 Å². The number of hydrogen-bond acceptors (Lipinski definition) is 3. The monoisotopic (exact) mass is 264 g/mol. The van der Waals surface area contributed by atoms with Gasteiger partial charge < -0.3 is 9.84 Å². The number of hydrogen-bond donors (Lipinski definition) is 1. The fourth-order valence-corrected chi connectivity index (χ4v) is 1.92. The van der Waals surface area contributed by atoms with Gasteiger partial charge in [-0.25, -0.2) is 4.79 Å². The maximum Gasteiger partial charge on any atom is 0.338 e. The van der Waals surface area contributed by atoms with E-state index in [9.17, 15) is 4.79 Å². The van der Waals surface area contributed by atoms with Gasteiger partial charge in [-0.3, -0.25) is 0 Å². The van der Waals surface area contributed by atoms with Crippen LogP contribution in [0.2, 0.25) is 0 Å². The molecule has 0 saturated carbocycles. The molecule has 19 heavy (non-hydrogen) atoms. The zero-order valence-corrected chi connectivity index (χ0v) is 11.9. The molecular weight excluding hydrogens is 240 g/mol. The van der Waals surface area contributed by atoms with Gasteiger partial charge >= 0.3 is 5.97 Å². The van der Waals surface area contributed by atoms with E-state index in [1.807, 2.05) is 0 Å². The highest BCUT2D eigenvalue weighted by Crippen LogP contribution is 2.14. The molecule has 1 aromatic carbocycles. The lowest BCUT2D eigenvalue weighted by Crippen LogP contribution is -2.14. The van der Waals surface area contributed by atoms with Crippen LogP contribution in [-0.4, -0.2) is 17.7 Å². The zero-order chi connectivity index (χ0) is 14.1. The van der Waals surface area contributed by atoms with Crippen LogP contribution in [0.5, 0.6) is 0 Å². The van der Waals surface area contributed by atoms with Crippen molar-refractivity contribution >= 4 is 5.97 Å². The summed E-state index contributed by atoms with van der Waals surface area (Å²) in [6.45, 7) is 4.78. The summed E-state index contributed by atoms with van der Waals surface area (Å²) in [5, 5.41) is 8.94. The maximum atomic E-state index is 11.9. The third-order valence-electron chi connectivity index (χ3n) is 3.37. The summed E-state index contributed by atoms with van der Waals surface area (Å²) in [5.74, 6) is 0.181. The van der Waals surface area contributed by atoms with Crippen LogP contribution in [0.1, 0.15) is 55.5 Å². The minimum atomic E-state index is -0.278. The van der Waals surface area contributed by atoms with Gasteiger partial charge in [0.2, 0.25) is 0 Å². The van der Waals surface area contributed by atoms with E-state index in [0.29, 0.717) is 18.1 Å². The first-order valence-corrected chi connectivity index (χ1v) is 7.08. The lowest BCUT2D eigenvalue weighted by molar-refractivity contribution is 0.0428. The van der Waals surface area contributed by atoms with Gasteiger partial charge in [-0.15, -0.1) is 0 Å². The number of aliphatic hydroxyl groups excluding tert-OH is 1. The number of esters is 1. The highest BCUT2D eigenvalue weighted by Gasteiger charge is 2.11. The fraction of sp³-hybridized carbons (Fsp3) is 0.562. The molecule has 0 bridgehead atoms. The van der Waals surface area contributed by atoms with E-state index in [4.69, 9.17) is 9.84 Å². The summed E-state index contributed by atoms with van der Waals surface area (Å²) in [6, 6.07) is 6.87. The van der Waals surface area contributed by atoms with Crippen molar-refractivity contribution in [3.05, 3.63) is 35.4 Å². The van der Waals surface area contributed by atoms with Gasteiger partial charge in [0.05, 0.1) is 18.8 Å². The second-order valence-electron chi connectivity index (χ2n) is 4.87. The van der Waals surface area contributed by atoms with Crippen LogP contribution in [0.25, 0.3) is 0 Å². The Balaban J connectivity index is 2.44. The molecule has 0 aliphatic carbocycles. The van der Waals surface area contributed by atoms with Crippen molar-refractivity contribution in [3.8, 4) is 0 Å². The third kappa shape index (κ3) is 5.43. The Kier molecular flexibility index (Phi) is 7.19. The van der Waals surface area contributed by atoms with Crippen LogP contribution >= 0.6 is 0 Å². The first-order valence-electron chi connectivity index (χ1n) is 7.08. The van der Waals surface area contributed by atoms with E-state index < -0.39 is 0 Å². The van der Waals surface area contributed by atoms with Gasteiger partial charge in [-0.1, -0.05) is 45.2 Å². The largest absolute Gasteiger partial charge is 0.462 e. The van der Waals surface area contributed by atoms with Crippen molar-refractivity contribution in [2.24, 2.45) is 5.92 Å². The van der Waals surface area contributed by atoms with Gasteiger partial charge in [-0.2, -0.15) is 0 Å². The lowest BCUT2D eigenvalue weighted by atomic mass is 10.0. The van der Waals surface area contributed by atoms with Crippen LogP contribution in [0.3, 0.4) is 0 Å². The molecule has 1 aromatic rings. The molecule has 0 saturated heterocycles. The van der Waals surface area contributed by atoms with Crippen molar-refractivity contribution in [2.45, 2.75) is 46.1 Å². The summed E-state index contributed by atoms with van der Waals surface area (Å²) >= 11 is 0. The average molecular weight is 264 g/mol. The smallest absolute Gasteiger partial charge is 0.338 e. The standard InChI is InChI=1S/C16H24O3/c1-3-5-6-13(4-2)12-19-16(18)15-9-7-14(11-17)8-10-15/h7-10,13,17H,3-6,11-12H2,1-2H3. The zero-order valence-electron chi connectivity index (χ0n) is 11.9. The Labute approximate surface area is 115 Å². The number of aliphatic hydroxyl groups is 1. The molecule has 0 amide bonds. The van der Waals surface area contributed by atoms with Crippen LogP contribution in [0.15, 0.2) is 24.3 Å². The number of ether oxygens (including phenoxy) is 1. The summed E-state index contributed by atoms with van der Waals surface area (Å²) in [6.07, 6.45) is 4.51. The molecule has 1 rings (SSSR count). The number of benzene rings is 1. The molecule has 1 unspecified atom stereocenters. The molecule has 0 aliphatic rings. The minimum absolute atomic E-state index is 0.00967. The molecule has 0 fully saturated rings. The molecule has 0 aliphatic heterocycles. The molecule has 106 valence electrons. The number of rotatable bonds is 8. The molecule has 0 heterocycles. The van der Waals surface area contributed by atoms with Crippen molar-refractivity contribution in [2.75, 3.05) is 6.61 Å². The Hall–Kier alpha value is -1.35. The van der Waals surface area contributed by atoms with Gasteiger partial charge in [0.1, 0.15) is 0 Å². The number of carbonyl (C=O) groups excluding carboxylic acids is 1. The molecule has 1 N–H and O–H groups in total. The predicted octanol–water partition coefficient (Wildman–Crippen LogP) is 3.55. The SMILES string of the molecule is CCCCC(CC)COC(=O)c1ccc(CO)cc1. The first kappa shape index (κ1) is 15.7. The van der Waals surface area contributed by atoms with Gasteiger partial charge in [0.15, 0.2) is 0 Å². The Bertz CT molecular complexity index is 370. The number of unbranched alkanes of at least 4 members (excludes halogenated alkanes) is 1. The van der Waals surface area contributed by atoms with Crippen molar-refractivity contribution in [1.29, 1.82) is 0 Å². The van der Waals surface area contributed by atoms with Gasteiger partial charge in [0.25, 0.3) is 0 Å². The normalized spacial score (nSPS) is 12.2. The molecule has 1 atom stereocenters. The average Bonchev–Trinajstić information content (AvgIpc) is 2.47. The Morgan fingerprint density at radius 2 is 1.95 bits per heavy atom. The fourth-order valence-electron chi connectivity index (χ4n) is 1.92. The van der Waals surface area contributed by atoms with Gasteiger partial charge in [0, 0.05) is 0 Å². The van der Waals surface area contributed by atoms with Crippen LogP contribution in [-0.2, 0) is 11.3 Å². The summed E-state index contributed by atoms with van der Waals surface area (Å²) in [4.78, 5) is 11.9. The Morgan fingerprint density at radius 1 is 1.26 bits per heavy atom. The van der Waals surface area contributed by atoms with Crippen molar-refractivity contribution < 1.29 is 14.6 Å². The van der Waals surface area contributed by atoms with Crippen LogP contribution in [0.4, 0.5) is 0 Å². The molecule has 0 spiro atoms. The molecule has 0 aromatic heterocycles. The second kappa shape index (κ2) is 8.70. The molecule has 3 nitrogen and oxygen atoms in total. The summed E-state index contributed by atoms with van der Waals surface area (Å²) < 4.78 is 5.35. The topological polar surface area (TPSA) is 46.5 Å². The van der Waals surface area contributed by atoms with Crippen LogP contribution < -0.4 is 0 Å². The summed E-state index contributed by atoms with van der Waals surface area (Å²) in [7, 11) is 0. The van der Waals surface area contributed by atoms with E-state index in [1.165, 1.54) is 12.8 Å². The van der Waals surface area contributed by atoms with Crippen LogP contribution in [0, 0.1) is 5.92 Å². The Morgan fingerprint density at radius 3 is 2.47 bits per heavy atom. The molecule has 0 radical (unpaired) electrons. The van der Waals surface area contributed by atoms with Crippen molar-refractivity contribution in [3.63, 3.8) is 0 Å². The minimum Gasteiger partial charge on any atom is -0.462 e. The van der Waals surface area contributed by atoms with E-state index in [-0.39, 0.29) is 12.6 Å². The first-order chi connectivity index (χ1) is 9.21. The van der Waals surface area contributed by atoms with E-state index in [0.717, 1.165) is 18.4 Å². The second-order valence-corrected chi connectivity index (χ2v) is 4.87. The summed E-state index contributed by atoms with van der Waals surface area (Å²) in [5.41, 5.74) is 1.34. The number of carbonyl (C=O) groups is 1.